The van der Waals surface area contributed by atoms with Crippen LogP contribution in [0.2, 0.25) is 0 Å². The molecule has 0 aliphatic heterocycles. The Kier molecular flexibility index (Phi) is 3.27. The van der Waals surface area contributed by atoms with Gasteiger partial charge in [-0.2, -0.15) is 0 Å². The Labute approximate surface area is 119 Å². The third-order valence-corrected chi connectivity index (χ3v) is 5.56. The van der Waals surface area contributed by atoms with E-state index in [9.17, 15) is 0 Å². The number of aromatic nitrogens is 1. The Morgan fingerprint density at radius 3 is 2.63 bits per heavy atom. The third kappa shape index (κ3) is 2.05. The van der Waals surface area contributed by atoms with Gasteiger partial charge < -0.3 is 10.3 Å². The van der Waals surface area contributed by atoms with Crippen LogP contribution in [0.25, 0.3) is 5.00 Å². The van der Waals surface area contributed by atoms with Crippen LogP contribution < -0.4 is 5.73 Å². The van der Waals surface area contributed by atoms with E-state index in [4.69, 9.17) is 5.73 Å². The molecule has 2 N–H and O–H groups in total. The Bertz CT molecular complexity index is 587. The number of nitrogens with two attached hydrogens (primary N) is 1. The summed E-state index contributed by atoms with van der Waals surface area (Å²) in [6.07, 6.45) is 3.74. The van der Waals surface area contributed by atoms with E-state index in [2.05, 4.69) is 37.5 Å². The molecular formula is C16H22N2S. The molecule has 3 heteroatoms. The van der Waals surface area contributed by atoms with Gasteiger partial charge in [0.05, 0.1) is 0 Å². The molecule has 0 radical (unpaired) electrons. The van der Waals surface area contributed by atoms with E-state index in [1.54, 1.807) is 10.4 Å². The summed E-state index contributed by atoms with van der Waals surface area (Å²) in [4.78, 5) is 1.57. The van der Waals surface area contributed by atoms with Crippen molar-refractivity contribution in [1.29, 1.82) is 0 Å². The van der Waals surface area contributed by atoms with Gasteiger partial charge in [0.15, 0.2) is 0 Å². The van der Waals surface area contributed by atoms with Gasteiger partial charge in [-0.15, -0.1) is 11.3 Å². The first-order valence-corrected chi connectivity index (χ1v) is 7.92. The minimum absolute atomic E-state index is 0.659. The largest absolute Gasteiger partial charge is 0.326 e. The molecule has 3 rings (SSSR count). The molecule has 0 spiro atoms. The minimum atomic E-state index is 0.659. The number of nitrogens with zero attached hydrogens (tertiary/aromatic N) is 1. The molecule has 102 valence electrons. The minimum Gasteiger partial charge on any atom is -0.326 e. The average molecular weight is 274 g/mol. The highest BCUT2D eigenvalue weighted by Crippen LogP contribution is 2.39. The van der Waals surface area contributed by atoms with E-state index in [1.807, 2.05) is 11.3 Å². The number of fused-ring (bicyclic) bond motifs is 1. The van der Waals surface area contributed by atoms with Gasteiger partial charge in [-0.25, -0.2) is 0 Å². The SMILES string of the molecule is Cc1ccc(C)n1-c1sc2c(c1CN)CCC(C)C2. The lowest BCUT2D eigenvalue weighted by Gasteiger charge is -2.18. The van der Waals surface area contributed by atoms with Gasteiger partial charge in [-0.1, -0.05) is 6.92 Å². The number of rotatable bonds is 2. The van der Waals surface area contributed by atoms with Gasteiger partial charge in [0.2, 0.25) is 0 Å². The topological polar surface area (TPSA) is 30.9 Å². The maximum Gasteiger partial charge on any atom is 0.104 e. The summed E-state index contributed by atoms with van der Waals surface area (Å²) in [5.74, 6) is 0.816. The highest BCUT2D eigenvalue weighted by atomic mass is 32.1. The van der Waals surface area contributed by atoms with Crippen molar-refractivity contribution >= 4 is 11.3 Å². The number of hydrogen-bond donors (Lipinski definition) is 1. The molecule has 1 unspecified atom stereocenters. The second-order valence-electron chi connectivity index (χ2n) is 5.79. The van der Waals surface area contributed by atoms with E-state index >= 15 is 0 Å². The first-order chi connectivity index (χ1) is 9.11. The van der Waals surface area contributed by atoms with Crippen LogP contribution in [0.4, 0.5) is 0 Å². The molecule has 2 aromatic rings. The van der Waals surface area contributed by atoms with Crippen LogP contribution in [0, 0.1) is 19.8 Å². The van der Waals surface area contributed by atoms with Crippen LogP contribution in [0.1, 0.15) is 40.7 Å². The fourth-order valence-corrected chi connectivity index (χ4v) is 4.84. The monoisotopic (exact) mass is 274 g/mol. The molecule has 0 fully saturated rings. The molecule has 1 aliphatic carbocycles. The smallest absolute Gasteiger partial charge is 0.104 e. The summed E-state index contributed by atoms with van der Waals surface area (Å²) >= 11 is 1.96. The first kappa shape index (κ1) is 12.9. The van der Waals surface area contributed by atoms with Crippen molar-refractivity contribution in [1.82, 2.24) is 4.57 Å². The standard InChI is InChI=1S/C16H22N2S/c1-10-4-7-13-14(9-17)16(19-15(13)8-10)18-11(2)5-6-12(18)3/h5-6,10H,4,7-9,17H2,1-3H3. The van der Waals surface area contributed by atoms with Gasteiger partial charge in [0.25, 0.3) is 0 Å². The molecule has 1 atom stereocenters. The van der Waals surface area contributed by atoms with Crippen LogP contribution >= 0.6 is 11.3 Å². The lowest BCUT2D eigenvalue weighted by molar-refractivity contribution is 0.506. The Morgan fingerprint density at radius 2 is 2.00 bits per heavy atom. The van der Waals surface area contributed by atoms with Crippen molar-refractivity contribution in [2.75, 3.05) is 0 Å². The predicted molar refractivity (Wildman–Crippen MR) is 82.2 cm³/mol. The third-order valence-electron chi connectivity index (χ3n) is 4.28. The molecular weight excluding hydrogens is 252 g/mol. The highest BCUT2D eigenvalue weighted by molar-refractivity contribution is 7.15. The van der Waals surface area contributed by atoms with E-state index in [0.717, 1.165) is 5.92 Å². The molecule has 1 aliphatic rings. The van der Waals surface area contributed by atoms with Gasteiger partial charge in [0.1, 0.15) is 5.00 Å². The fraction of sp³-hybridized carbons (Fsp3) is 0.500. The van der Waals surface area contributed by atoms with Crippen molar-refractivity contribution in [3.63, 3.8) is 0 Å². The number of thiophene rings is 1. The van der Waals surface area contributed by atoms with Gasteiger partial charge in [-0.3, -0.25) is 0 Å². The zero-order valence-electron chi connectivity index (χ0n) is 12.0. The summed E-state index contributed by atoms with van der Waals surface area (Å²) < 4.78 is 2.37. The van der Waals surface area contributed by atoms with Crippen molar-refractivity contribution in [2.45, 2.75) is 46.6 Å². The van der Waals surface area contributed by atoms with E-state index in [-0.39, 0.29) is 0 Å². The molecule has 2 nitrogen and oxygen atoms in total. The van der Waals surface area contributed by atoms with Gasteiger partial charge in [0, 0.05) is 28.4 Å². The molecule has 0 amide bonds. The van der Waals surface area contributed by atoms with Gasteiger partial charge >= 0.3 is 0 Å². The molecule has 0 aromatic carbocycles. The summed E-state index contributed by atoms with van der Waals surface area (Å²) in [6.45, 7) is 7.37. The Morgan fingerprint density at radius 1 is 1.32 bits per heavy atom. The first-order valence-electron chi connectivity index (χ1n) is 7.10. The average Bonchev–Trinajstić information content (AvgIpc) is 2.88. The predicted octanol–water partition coefficient (Wildman–Crippen LogP) is 3.74. The molecule has 2 heterocycles. The van der Waals surface area contributed by atoms with Crippen molar-refractivity contribution < 1.29 is 0 Å². The lowest BCUT2D eigenvalue weighted by atomic mass is 9.88. The second-order valence-corrected chi connectivity index (χ2v) is 6.87. The van der Waals surface area contributed by atoms with Gasteiger partial charge in [-0.05, 0) is 56.7 Å². The summed E-state index contributed by atoms with van der Waals surface area (Å²) in [7, 11) is 0. The molecule has 19 heavy (non-hydrogen) atoms. The lowest BCUT2D eigenvalue weighted by Crippen LogP contribution is -2.12. The fourth-order valence-electron chi connectivity index (χ4n) is 3.18. The van der Waals surface area contributed by atoms with Crippen LogP contribution in [-0.2, 0) is 19.4 Å². The quantitative estimate of drug-likeness (QED) is 0.888. The van der Waals surface area contributed by atoms with Crippen LogP contribution in [0.3, 0.4) is 0 Å². The second kappa shape index (κ2) is 4.80. The zero-order valence-corrected chi connectivity index (χ0v) is 12.8. The van der Waals surface area contributed by atoms with Crippen LogP contribution in [0.15, 0.2) is 12.1 Å². The summed E-state index contributed by atoms with van der Waals surface area (Å²) in [5, 5.41) is 1.36. The van der Waals surface area contributed by atoms with Crippen LogP contribution in [-0.4, -0.2) is 4.57 Å². The molecule has 0 bridgehead atoms. The van der Waals surface area contributed by atoms with Crippen LogP contribution in [0.5, 0.6) is 0 Å². The maximum atomic E-state index is 6.05. The van der Waals surface area contributed by atoms with E-state index < -0.39 is 0 Å². The Balaban J connectivity index is 2.17. The van der Waals surface area contributed by atoms with Crippen molar-refractivity contribution in [2.24, 2.45) is 11.7 Å². The number of aryl methyl sites for hydroxylation is 2. The van der Waals surface area contributed by atoms with E-state index in [0.29, 0.717) is 6.54 Å². The normalized spacial score (nSPS) is 18.6. The highest BCUT2D eigenvalue weighted by Gasteiger charge is 2.24. The Hall–Kier alpha value is -1.06. The van der Waals surface area contributed by atoms with Crippen molar-refractivity contribution in [3.8, 4) is 5.00 Å². The maximum absolute atomic E-state index is 6.05. The number of hydrogen-bond acceptors (Lipinski definition) is 2. The summed E-state index contributed by atoms with van der Waals surface area (Å²) in [6, 6.07) is 4.38. The summed E-state index contributed by atoms with van der Waals surface area (Å²) in [5.41, 5.74) is 11.6. The molecule has 0 saturated carbocycles. The zero-order chi connectivity index (χ0) is 13.6. The van der Waals surface area contributed by atoms with E-state index in [1.165, 1.54) is 41.2 Å². The van der Waals surface area contributed by atoms with Crippen molar-refractivity contribution in [3.05, 3.63) is 39.5 Å². The molecule has 2 aromatic heterocycles. The molecule has 0 saturated heterocycles.